The van der Waals surface area contributed by atoms with Crippen LogP contribution >= 0.6 is 0 Å². The summed E-state index contributed by atoms with van der Waals surface area (Å²) in [6, 6.07) is 10.9. The number of carbonyl (C=O) groups is 1. The first-order valence-electron chi connectivity index (χ1n) is 10.4. The highest BCUT2D eigenvalue weighted by Gasteiger charge is 2.36. The summed E-state index contributed by atoms with van der Waals surface area (Å²) in [5, 5.41) is 8.92. The second kappa shape index (κ2) is 8.12. The number of carboxylic acid groups (broad SMARTS) is 1. The number of pyridine rings is 1. The van der Waals surface area contributed by atoms with Gasteiger partial charge in [-0.3, -0.25) is 4.79 Å². The Balaban J connectivity index is 1.33. The maximum Gasteiger partial charge on any atom is 0.416 e. The number of alkyl halides is 3. The van der Waals surface area contributed by atoms with Crippen molar-refractivity contribution in [2.45, 2.75) is 25.1 Å². The summed E-state index contributed by atoms with van der Waals surface area (Å²) in [4.78, 5) is 22.0. The third-order valence-corrected chi connectivity index (χ3v) is 5.83. The molecule has 1 aliphatic carbocycles. The Morgan fingerprint density at radius 1 is 1.06 bits per heavy atom. The standard InChI is InChI=1S/C24H17F4N3O3/c25-18-9-12(13-2-6-21(29-11-13)34-16-7-14(8-16)23(32)33)1-4-17(18)22-30-19-5-3-15(24(26,27)28)10-20(19)31-22/h1-6,9-11,14,16H,7-8H2,(H,30,31)(H,32,33). The van der Waals surface area contributed by atoms with E-state index < -0.39 is 23.5 Å². The topological polar surface area (TPSA) is 88.1 Å². The lowest BCUT2D eigenvalue weighted by molar-refractivity contribution is -0.148. The van der Waals surface area contributed by atoms with Gasteiger partial charge in [0.05, 0.1) is 28.1 Å². The van der Waals surface area contributed by atoms with Gasteiger partial charge in [0.1, 0.15) is 17.7 Å². The summed E-state index contributed by atoms with van der Waals surface area (Å²) < 4.78 is 59.4. The first kappa shape index (κ1) is 21.9. The fourth-order valence-electron chi connectivity index (χ4n) is 3.86. The van der Waals surface area contributed by atoms with Gasteiger partial charge in [-0.2, -0.15) is 13.2 Å². The number of aliphatic carboxylic acids is 1. The molecule has 2 aromatic carbocycles. The molecule has 2 N–H and O–H groups in total. The molecule has 0 atom stereocenters. The third-order valence-electron chi connectivity index (χ3n) is 5.83. The summed E-state index contributed by atoms with van der Waals surface area (Å²) in [5.74, 6) is -1.33. The Labute approximate surface area is 190 Å². The van der Waals surface area contributed by atoms with Crippen LogP contribution in [0.1, 0.15) is 18.4 Å². The van der Waals surface area contributed by atoms with Crippen LogP contribution in [-0.2, 0) is 11.0 Å². The van der Waals surface area contributed by atoms with Gasteiger partial charge in [0.25, 0.3) is 0 Å². The summed E-state index contributed by atoms with van der Waals surface area (Å²) in [5.41, 5.74) is 0.950. The molecule has 1 fully saturated rings. The number of nitrogens with one attached hydrogen (secondary N) is 1. The predicted octanol–water partition coefficient (Wildman–Crippen LogP) is 5.69. The number of rotatable bonds is 5. The minimum absolute atomic E-state index is 0.124. The number of carboxylic acids is 1. The van der Waals surface area contributed by atoms with E-state index in [2.05, 4.69) is 15.0 Å². The molecule has 0 amide bonds. The third kappa shape index (κ3) is 4.18. The summed E-state index contributed by atoms with van der Waals surface area (Å²) in [6.45, 7) is 0. The fourth-order valence-corrected chi connectivity index (χ4v) is 3.86. The van der Waals surface area contributed by atoms with Crippen LogP contribution in [0, 0.1) is 11.7 Å². The van der Waals surface area contributed by atoms with Crippen molar-refractivity contribution >= 4 is 17.0 Å². The Kier molecular flexibility index (Phi) is 5.22. The molecule has 0 spiro atoms. The van der Waals surface area contributed by atoms with E-state index >= 15 is 0 Å². The van der Waals surface area contributed by atoms with Gasteiger partial charge in [-0.05, 0) is 54.8 Å². The maximum absolute atomic E-state index is 14.9. The molecule has 34 heavy (non-hydrogen) atoms. The lowest BCUT2D eigenvalue weighted by atomic mass is 9.82. The van der Waals surface area contributed by atoms with E-state index in [1.54, 1.807) is 18.2 Å². The van der Waals surface area contributed by atoms with Gasteiger partial charge in [0.2, 0.25) is 5.88 Å². The Hall–Kier alpha value is -3.95. The lowest BCUT2D eigenvalue weighted by Gasteiger charge is -2.31. The molecule has 174 valence electrons. The van der Waals surface area contributed by atoms with Crippen LogP contribution in [0.2, 0.25) is 0 Å². The molecule has 10 heteroatoms. The van der Waals surface area contributed by atoms with Crippen LogP contribution in [0.5, 0.6) is 5.88 Å². The smallest absolute Gasteiger partial charge is 0.416 e. The number of ether oxygens (including phenoxy) is 1. The molecule has 2 aromatic heterocycles. The zero-order valence-corrected chi connectivity index (χ0v) is 17.4. The summed E-state index contributed by atoms with van der Waals surface area (Å²) >= 11 is 0. The van der Waals surface area contributed by atoms with Crippen molar-refractivity contribution in [3.05, 3.63) is 66.1 Å². The highest BCUT2D eigenvalue weighted by molar-refractivity contribution is 5.81. The maximum atomic E-state index is 14.9. The molecule has 6 nitrogen and oxygen atoms in total. The molecule has 1 aliphatic rings. The number of hydrogen-bond acceptors (Lipinski definition) is 4. The molecule has 1 saturated carbocycles. The first-order chi connectivity index (χ1) is 16.2. The zero-order valence-electron chi connectivity index (χ0n) is 17.4. The molecule has 2 heterocycles. The number of fused-ring (bicyclic) bond motifs is 1. The number of hydrogen-bond donors (Lipinski definition) is 2. The number of benzene rings is 2. The van der Waals surface area contributed by atoms with Crippen molar-refractivity contribution in [2.24, 2.45) is 5.92 Å². The van der Waals surface area contributed by atoms with E-state index in [1.165, 1.54) is 24.4 Å². The Bertz CT molecular complexity index is 1380. The van der Waals surface area contributed by atoms with Crippen LogP contribution in [0.4, 0.5) is 17.6 Å². The number of aromatic amines is 1. The van der Waals surface area contributed by atoms with Gasteiger partial charge >= 0.3 is 12.1 Å². The molecule has 0 aliphatic heterocycles. The van der Waals surface area contributed by atoms with E-state index in [0.29, 0.717) is 35.4 Å². The molecular weight excluding hydrogens is 454 g/mol. The van der Waals surface area contributed by atoms with Crippen LogP contribution < -0.4 is 4.74 Å². The number of halogens is 4. The van der Waals surface area contributed by atoms with Gasteiger partial charge in [-0.1, -0.05) is 6.07 Å². The normalized spacial score (nSPS) is 18.0. The number of nitrogens with zero attached hydrogens (tertiary/aromatic N) is 2. The highest BCUT2D eigenvalue weighted by Crippen LogP contribution is 2.34. The van der Waals surface area contributed by atoms with Crippen LogP contribution in [0.3, 0.4) is 0 Å². The average Bonchev–Trinajstić information content (AvgIpc) is 3.18. The van der Waals surface area contributed by atoms with E-state index in [0.717, 1.165) is 12.1 Å². The minimum atomic E-state index is -4.49. The monoisotopic (exact) mass is 471 g/mol. The molecule has 0 radical (unpaired) electrons. The first-order valence-corrected chi connectivity index (χ1v) is 10.4. The molecular formula is C24H17F4N3O3. The van der Waals surface area contributed by atoms with Gasteiger partial charge in [0, 0.05) is 17.8 Å². The van der Waals surface area contributed by atoms with Crippen molar-refractivity contribution < 1.29 is 32.2 Å². The molecule has 4 aromatic rings. The van der Waals surface area contributed by atoms with Crippen molar-refractivity contribution in [1.82, 2.24) is 15.0 Å². The van der Waals surface area contributed by atoms with Crippen LogP contribution in [0.15, 0.2) is 54.7 Å². The number of imidazole rings is 1. The van der Waals surface area contributed by atoms with Crippen LogP contribution in [0.25, 0.3) is 33.5 Å². The molecule has 5 rings (SSSR count). The second-order valence-corrected chi connectivity index (χ2v) is 8.14. The van der Waals surface area contributed by atoms with E-state index in [9.17, 15) is 22.4 Å². The predicted molar refractivity (Wildman–Crippen MR) is 114 cm³/mol. The van der Waals surface area contributed by atoms with E-state index in [4.69, 9.17) is 9.84 Å². The Morgan fingerprint density at radius 2 is 1.82 bits per heavy atom. The largest absolute Gasteiger partial charge is 0.481 e. The van der Waals surface area contributed by atoms with Crippen molar-refractivity contribution in [1.29, 1.82) is 0 Å². The average molecular weight is 471 g/mol. The Morgan fingerprint density at radius 3 is 2.47 bits per heavy atom. The zero-order chi connectivity index (χ0) is 24.0. The second-order valence-electron chi connectivity index (χ2n) is 8.14. The molecule has 0 bridgehead atoms. The van der Waals surface area contributed by atoms with Gasteiger partial charge < -0.3 is 14.8 Å². The van der Waals surface area contributed by atoms with Gasteiger partial charge in [-0.25, -0.2) is 14.4 Å². The van der Waals surface area contributed by atoms with E-state index in [-0.39, 0.29) is 28.9 Å². The highest BCUT2D eigenvalue weighted by atomic mass is 19.4. The SMILES string of the molecule is O=C(O)C1CC(Oc2ccc(-c3ccc(-c4nc5ccc(C(F)(F)F)cc5[nH]4)c(F)c3)cn2)C1. The quantitative estimate of drug-likeness (QED) is 0.365. The number of aromatic nitrogens is 3. The van der Waals surface area contributed by atoms with Crippen molar-refractivity contribution in [3.8, 4) is 28.4 Å². The van der Waals surface area contributed by atoms with Gasteiger partial charge in [0.15, 0.2) is 0 Å². The van der Waals surface area contributed by atoms with E-state index in [1.807, 2.05) is 0 Å². The minimum Gasteiger partial charge on any atom is -0.481 e. The molecule has 0 saturated heterocycles. The fraction of sp³-hybridized carbons (Fsp3) is 0.208. The van der Waals surface area contributed by atoms with Crippen molar-refractivity contribution in [2.75, 3.05) is 0 Å². The van der Waals surface area contributed by atoms with Crippen LogP contribution in [-0.4, -0.2) is 32.1 Å². The molecule has 0 unspecified atom stereocenters. The van der Waals surface area contributed by atoms with Gasteiger partial charge in [-0.15, -0.1) is 0 Å². The number of H-pyrrole nitrogens is 1. The lowest BCUT2D eigenvalue weighted by Crippen LogP contribution is -2.38. The summed E-state index contributed by atoms with van der Waals surface area (Å²) in [7, 11) is 0. The summed E-state index contributed by atoms with van der Waals surface area (Å²) in [6.07, 6.45) is -2.28. The van der Waals surface area contributed by atoms with Crippen molar-refractivity contribution in [3.63, 3.8) is 0 Å².